The van der Waals surface area contributed by atoms with Gasteiger partial charge in [-0.2, -0.15) is 0 Å². The van der Waals surface area contributed by atoms with E-state index in [1.54, 1.807) is 24.3 Å². The van der Waals surface area contributed by atoms with E-state index in [0.717, 1.165) is 0 Å². The lowest BCUT2D eigenvalue weighted by Crippen LogP contribution is -2.33. The van der Waals surface area contributed by atoms with Crippen LogP contribution in [0.1, 0.15) is 0 Å². The van der Waals surface area contributed by atoms with Gasteiger partial charge in [0.15, 0.2) is 0 Å². The van der Waals surface area contributed by atoms with Crippen molar-refractivity contribution in [2.45, 2.75) is 4.90 Å². The van der Waals surface area contributed by atoms with Gasteiger partial charge in [-0.25, -0.2) is 0 Å². The van der Waals surface area contributed by atoms with Crippen LogP contribution in [0, 0.1) is 0 Å². The van der Waals surface area contributed by atoms with E-state index in [-0.39, 0.29) is 13.2 Å². The number of anilines is 1. The van der Waals surface area contributed by atoms with Crippen LogP contribution in [0.3, 0.4) is 0 Å². The first-order valence-corrected chi connectivity index (χ1v) is 7.17. The molecule has 0 saturated carbocycles. The Balaban J connectivity index is 2.49. The number of aliphatic hydroxyl groups is 2. The maximum absolute atomic E-state index is 12.0. The van der Waals surface area contributed by atoms with Crippen molar-refractivity contribution in [2.24, 2.45) is 0 Å². The topological polar surface area (TPSA) is 86.8 Å². The second kappa shape index (κ2) is 8.20. The number of hydrogen-bond acceptors (Lipinski definition) is 5. The van der Waals surface area contributed by atoms with Crippen molar-refractivity contribution in [2.75, 3.05) is 44.3 Å². The highest BCUT2D eigenvalue weighted by Crippen LogP contribution is 2.11. The molecule has 0 heterocycles. The first-order valence-electron chi connectivity index (χ1n) is 5.85. The van der Waals surface area contributed by atoms with Gasteiger partial charge in [0, 0.05) is 36.0 Å². The minimum atomic E-state index is -1.11. The molecule has 0 aliphatic heterocycles. The third kappa shape index (κ3) is 5.14. The Morgan fingerprint density at radius 1 is 1.17 bits per heavy atom. The van der Waals surface area contributed by atoms with Crippen molar-refractivity contribution in [3.63, 3.8) is 0 Å². The molecule has 0 bridgehead atoms. The van der Waals surface area contributed by atoms with Crippen molar-refractivity contribution in [1.29, 1.82) is 0 Å². The van der Waals surface area contributed by atoms with Gasteiger partial charge < -0.3 is 15.9 Å². The van der Waals surface area contributed by atoms with E-state index >= 15 is 0 Å². The summed E-state index contributed by atoms with van der Waals surface area (Å²) in [4.78, 5) is 2.59. The van der Waals surface area contributed by atoms with Crippen LogP contribution in [0.5, 0.6) is 0 Å². The molecule has 6 heteroatoms. The van der Waals surface area contributed by atoms with Gasteiger partial charge in [0.25, 0.3) is 0 Å². The van der Waals surface area contributed by atoms with Crippen LogP contribution < -0.4 is 5.73 Å². The SMILES string of the molecule is Nc1cccc(S(=O)CCN(CCO)CCO)c1. The summed E-state index contributed by atoms with van der Waals surface area (Å²) in [6, 6.07) is 7.03. The van der Waals surface area contributed by atoms with Crippen LogP contribution in [-0.4, -0.2) is 57.9 Å². The summed E-state index contributed by atoms with van der Waals surface area (Å²) in [7, 11) is -1.11. The molecule has 0 radical (unpaired) electrons. The van der Waals surface area contributed by atoms with E-state index in [4.69, 9.17) is 15.9 Å². The summed E-state index contributed by atoms with van der Waals surface area (Å²) in [5, 5.41) is 17.7. The molecule has 102 valence electrons. The third-order valence-electron chi connectivity index (χ3n) is 2.55. The van der Waals surface area contributed by atoms with E-state index in [1.807, 2.05) is 4.90 Å². The minimum absolute atomic E-state index is 0.0327. The number of nitrogen functional groups attached to an aromatic ring is 1. The molecule has 0 aromatic heterocycles. The summed E-state index contributed by atoms with van der Waals surface area (Å²) in [6.45, 7) is 1.60. The predicted molar refractivity (Wildman–Crippen MR) is 72.7 cm³/mol. The number of aliphatic hydroxyl groups excluding tert-OH is 2. The molecular formula is C12H20N2O3S. The summed E-state index contributed by atoms with van der Waals surface area (Å²) in [5.41, 5.74) is 6.24. The largest absolute Gasteiger partial charge is 0.399 e. The monoisotopic (exact) mass is 272 g/mol. The molecule has 0 amide bonds. The quantitative estimate of drug-likeness (QED) is 0.564. The Morgan fingerprint density at radius 3 is 2.39 bits per heavy atom. The van der Waals surface area contributed by atoms with Gasteiger partial charge in [-0.3, -0.25) is 9.11 Å². The Hall–Kier alpha value is -0.950. The lowest BCUT2D eigenvalue weighted by Gasteiger charge is -2.19. The highest BCUT2D eigenvalue weighted by Gasteiger charge is 2.08. The molecule has 1 aromatic carbocycles. The third-order valence-corrected chi connectivity index (χ3v) is 3.88. The average molecular weight is 272 g/mol. The highest BCUT2D eigenvalue weighted by molar-refractivity contribution is 7.85. The number of nitrogens with two attached hydrogens (primary N) is 1. The van der Waals surface area contributed by atoms with Crippen LogP contribution in [0.4, 0.5) is 5.69 Å². The van der Waals surface area contributed by atoms with E-state index in [1.165, 1.54) is 0 Å². The van der Waals surface area contributed by atoms with Gasteiger partial charge in [0.2, 0.25) is 0 Å². The molecule has 18 heavy (non-hydrogen) atoms. The first kappa shape index (κ1) is 15.1. The Kier molecular flexibility index (Phi) is 6.89. The highest BCUT2D eigenvalue weighted by atomic mass is 32.2. The van der Waals surface area contributed by atoms with Crippen LogP contribution in [0.2, 0.25) is 0 Å². The van der Waals surface area contributed by atoms with E-state index in [0.29, 0.717) is 36.0 Å². The Morgan fingerprint density at radius 2 is 1.83 bits per heavy atom. The molecule has 0 fully saturated rings. The van der Waals surface area contributed by atoms with Gasteiger partial charge in [-0.15, -0.1) is 0 Å². The van der Waals surface area contributed by atoms with Crippen LogP contribution in [0.25, 0.3) is 0 Å². The Labute approximate surface area is 110 Å². The Bertz CT molecular complexity index is 381. The fraction of sp³-hybridized carbons (Fsp3) is 0.500. The summed E-state index contributed by atoms with van der Waals surface area (Å²) < 4.78 is 12.0. The maximum atomic E-state index is 12.0. The minimum Gasteiger partial charge on any atom is -0.399 e. The second-order valence-corrected chi connectivity index (χ2v) is 5.48. The summed E-state index contributed by atoms with van der Waals surface area (Å²) in [6.07, 6.45) is 0. The molecule has 1 aromatic rings. The zero-order valence-electron chi connectivity index (χ0n) is 10.3. The van der Waals surface area contributed by atoms with Gasteiger partial charge in [0.05, 0.1) is 24.0 Å². The molecule has 1 atom stereocenters. The normalized spacial score (nSPS) is 12.8. The lowest BCUT2D eigenvalue weighted by atomic mass is 10.3. The van der Waals surface area contributed by atoms with Crippen molar-refractivity contribution < 1.29 is 14.4 Å². The first-order chi connectivity index (χ1) is 8.67. The van der Waals surface area contributed by atoms with E-state index in [2.05, 4.69) is 0 Å². The van der Waals surface area contributed by atoms with Gasteiger partial charge >= 0.3 is 0 Å². The molecule has 1 rings (SSSR count). The molecule has 0 aliphatic carbocycles. The standard InChI is InChI=1S/C12H20N2O3S/c13-11-2-1-3-12(10-11)18(17)9-6-14(4-7-15)5-8-16/h1-3,10,15-16H,4-9,13H2. The zero-order valence-corrected chi connectivity index (χ0v) is 11.1. The van der Waals surface area contributed by atoms with Crippen LogP contribution in [0.15, 0.2) is 29.2 Å². The number of hydrogen-bond donors (Lipinski definition) is 3. The lowest BCUT2D eigenvalue weighted by molar-refractivity contribution is 0.167. The van der Waals surface area contributed by atoms with E-state index < -0.39 is 10.8 Å². The smallest absolute Gasteiger partial charge is 0.0558 e. The van der Waals surface area contributed by atoms with Crippen LogP contribution >= 0.6 is 0 Å². The van der Waals surface area contributed by atoms with Gasteiger partial charge in [-0.05, 0) is 18.2 Å². The number of nitrogens with zero attached hydrogens (tertiary/aromatic N) is 1. The fourth-order valence-electron chi connectivity index (χ4n) is 1.60. The van der Waals surface area contributed by atoms with Crippen molar-refractivity contribution in [1.82, 2.24) is 4.90 Å². The number of rotatable bonds is 8. The van der Waals surface area contributed by atoms with Crippen molar-refractivity contribution in [3.05, 3.63) is 24.3 Å². The predicted octanol–water partition coefficient (Wildman–Crippen LogP) is -0.337. The van der Waals surface area contributed by atoms with Crippen molar-refractivity contribution in [3.8, 4) is 0 Å². The van der Waals surface area contributed by atoms with E-state index in [9.17, 15) is 4.21 Å². The average Bonchev–Trinajstić information content (AvgIpc) is 2.36. The molecule has 0 aliphatic rings. The van der Waals surface area contributed by atoms with Gasteiger partial charge in [-0.1, -0.05) is 6.07 Å². The molecule has 0 spiro atoms. The summed E-state index contributed by atoms with van der Waals surface area (Å²) in [5.74, 6) is 0.462. The molecule has 0 saturated heterocycles. The summed E-state index contributed by atoms with van der Waals surface area (Å²) >= 11 is 0. The molecule has 1 unspecified atom stereocenters. The molecular weight excluding hydrogens is 252 g/mol. The second-order valence-electron chi connectivity index (χ2n) is 3.91. The molecule has 5 nitrogen and oxygen atoms in total. The number of benzene rings is 1. The fourth-order valence-corrected chi connectivity index (χ4v) is 2.76. The van der Waals surface area contributed by atoms with Crippen molar-refractivity contribution >= 4 is 16.5 Å². The van der Waals surface area contributed by atoms with Crippen LogP contribution in [-0.2, 0) is 10.8 Å². The zero-order chi connectivity index (χ0) is 13.4. The van der Waals surface area contributed by atoms with Gasteiger partial charge in [0.1, 0.15) is 0 Å². The maximum Gasteiger partial charge on any atom is 0.0558 e. The molecule has 4 N–H and O–H groups in total.